The summed E-state index contributed by atoms with van der Waals surface area (Å²) in [7, 11) is 1.76. The molecule has 1 amide bonds. The van der Waals surface area contributed by atoms with Crippen LogP contribution < -0.4 is 5.76 Å². The van der Waals surface area contributed by atoms with E-state index in [4.69, 9.17) is 4.42 Å². The molecular formula is C16H21N3O5. The molecule has 1 aromatic carbocycles. The van der Waals surface area contributed by atoms with Crippen molar-refractivity contribution >= 4 is 22.7 Å². The lowest BCUT2D eigenvalue weighted by Crippen LogP contribution is -2.30. The van der Waals surface area contributed by atoms with Crippen LogP contribution in [0.1, 0.15) is 26.7 Å². The number of rotatable bonds is 7. The van der Waals surface area contributed by atoms with Gasteiger partial charge < -0.3 is 9.32 Å². The summed E-state index contributed by atoms with van der Waals surface area (Å²) in [6.07, 6.45) is 0.822. The molecular weight excluding hydrogens is 314 g/mol. The number of fused-ring (bicyclic) bond motifs is 1. The summed E-state index contributed by atoms with van der Waals surface area (Å²) in [6.45, 7) is 5.10. The molecule has 0 aliphatic rings. The first-order valence-corrected chi connectivity index (χ1v) is 7.81. The molecule has 0 radical (unpaired) electrons. The second-order valence-corrected chi connectivity index (χ2v) is 6.20. The summed E-state index contributed by atoms with van der Waals surface area (Å²) in [5.41, 5.74) is 0.542. The molecule has 0 bridgehead atoms. The molecule has 0 fully saturated rings. The Kier molecular flexibility index (Phi) is 5.38. The zero-order chi connectivity index (χ0) is 17.9. The third-order valence-corrected chi connectivity index (χ3v) is 3.70. The van der Waals surface area contributed by atoms with Crippen molar-refractivity contribution in [2.45, 2.75) is 33.2 Å². The van der Waals surface area contributed by atoms with Gasteiger partial charge in [-0.1, -0.05) is 13.8 Å². The molecule has 0 aliphatic heterocycles. The highest BCUT2D eigenvalue weighted by Gasteiger charge is 2.15. The highest BCUT2D eigenvalue weighted by molar-refractivity contribution is 5.76. The average molecular weight is 335 g/mol. The Morgan fingerprint density at radius 2 is 2.12 bits per heavy atom. The third-order valence-electron chi connectivity index (χ3n) is 3.70. The van der Waals surface area contributed by atoms with E-state index in [1.54, 1.807) is 11.9 Å². The Bertz CT molecular complexity index is 806. The molecule has 0 saturated carbocycles. The van der Waals surface area contributed by atoms with E-state index in [1.807, 2.05) is 13.8 Å². The van der Waals surface area contributed by atoms with Gasteiger partial charge in [0.25, 0.3) is 5.69 Å². The van der Waals surface area contributed by atoms with Gasteiger partial charge in [-0.3, -0.25) is 19.5 Å². The van der Waals surface area contributed by atoms with Gasteiger partial charge in [-0.2, -0.15) is 0 Å². The Balaban J connectivity index is 2.05. The van der Waals surface area contributed by atoms with Crippen LogP contribution in [0.4, 0.5) is 5.69 Å². The van der Waals surface area contributed by atoms with Crippen molar-refractivity contribution in [2.24, 2.45) is 5.92 Å². The lowest BCUT2D eigenvalue weighted by Gasteiger charge is -2.19. The fourth-order valence-corrected chi connectivity index (χ4v) is 2.61. The van der Waals surface area contributed by atoms with Crippen molar-refractivity contribution in [3.05, 3.63) is 38.9 Å². The highest BCUT2D eigenvalue weighted by Crippen LogP contribution is 2.20. The lowest BCUT2D eigenvalue weighted by molar-refractivity contribution is -0.384. The fraction of sp³-hybridized carbons (Fsp3) is 0.500. The predicted molar refractivity (Wildman–Crippen MR) is 88.8 cm³/mol. The number of amides is 1. The van der Waals surface area contributed by atoms with Crippen LogP contribution in [0.2, 0.25) is 0 Å². The van der Waals surface area contributed by atoms with Gasteiger partial charge in [-0.25, -0.2) is 4.79 Å². The maximum Gasteiger partial charge on any atom is 0.419 e. The van der Waals surface area contributed by atoms with Gasteiger partial charge in [0.15, 0.2) is 5.58 Å². The quantitative estimate of drug-likeness (QED) is 0.571. The van der Waals surface area contributed by atoms with Crippen LogP contribution in [0.15, 0.2) is 27.4 Å². The van der Waals surface area contributed by atoms with E-state index in [0.717, 1.165) is 0 Å². The summed E-state index contributed by atoms with van der Waals surface area (Å²) in [5.74, 6) is -0.149. The maximum absolute atomic E-state index is 12.0. The molecule has 2 rings (SSSR count). The molecule has 0 spiro atoms. The fourth-order valence-electron chi connectivity index (χ4n) is 2.61. The molecule has 0 aliphatic carbocycles. The van der Waals surface area contributed by atoms with Crippen molar-refractivity contribution in [1.82, 2.24) is 9.47 Å². The summed E-state index contributed by atoms with van der Waals surface area (Å²) >= 11 is 0. The summed E-state index contributed by atoms with van der Waals surface area (Å²) in [5, 5.41) is 10.8. The summed E-state index contributed by atoms with van der Waals surface area (Å²) < 4.78 is 6.45. The first-order valence-electron chi connectivity index (χ1n) is 7.81. The second-order valence-electron chi connectivity index (χ2n) is 6.20. The van der Waals surface area contributed by atoms with Crippen LogP contribution in [0.5, 0.6) is 0 Å². The van der Waals surface area contributed by atoms with Crippen LogP contribution in [-0.4, -0.2) is 33.9 Å². The van der Waals surface area contributed by atoms with E-state index in [-0.39, 0.29) is 17.2 Å². The molecule has 0 N–H and O–H groups in total. The van der Waals surface area contributed by atoms with E-state index in [9.17, 15) is 19.7 Å². The van der Waals surface area contributed by atoms with Crippen LogP contribution in [-0.2, 0) is 11.3 Å². The van der Waals surface area contributed by atoms with Crippen molar-refractivity contribution < 1.29 is 14.1 Å². The number of nitro groups is 1. The summed E-state index contributed by atoms with van der Waals surface area (Å²) in [4.78, 5) is 35.8. The SMILES string of the molecule is CC(C)CN(C)C(=O)CCCn1c(=O)oc2cc([N+](=O)[O-])ccc21. The minimum Gasteiger partial charge on any atom is -0.407 e. The van der Waals surface area contributed by atoms with Crippen LogP contribution >= 0.6 is 0 Å². The number of hydrogen-bond donors (Lipinski definition) is 0. The Morgan fingerprint density at radius 1 is 1.42 bits per heavy atom. The van der Waals surface area contributed by atoms with Gasteiger partial charge in [0.05, 0.1) is 16.5 Å². The normalized spacial score (nSPS) is 11.2. The highest BCUT2D eigenvalue weighted by atomic mass is 16.6. The van der Waals surface area contributed by atoms with Gasteiger partial charge in [0, 0.05) is 32.6 Å². The molecule has 8 nitrogen and oxygen atoms in total. The average Bonchev–Trinajstić information content (AvgIpc) is 2.81. The lowest BCUT2D eigenvalue weighted by atomic mass is 10.2. The molecule has 0 unspecified atom stereocenters. The monoisotopic (exact) mass is 335 g/mol. The van der Waals surface area contributed by atoms with E-state index in [1.165, 1.54) is 22.8 Å². The molecule has 1 aromatic heterocycles. The van der Waals surface area contributed by atoms with Crippen molar-refractivity contribution in [3.63, 3.8) is 0 Å². The molecule has 0 saturated heterocycles. The van der Waals surface area contributed by atoms with E-state index in [0.29, 0.717) is 37.4 Å². The number of carbonyl (C=O) groups is 1. The van der Waals surface area contributed by atoms with Gasteiger partial charge in [0.2, 0.25) is 5.91 Å². The number of aryl methyl sites for hydroxylation is 1. The second kappa shape index (κ2) is 7.29. The van der Waals surface area contributed by atoms with E-state index >= 15 is 0 Å². The Hall–Kier alpha value is -2.64. The topological polar surface area (TPSA) is 98.6 Å². The zero-order valence-electron chi connectivity index (χ0n) is 14.0. The van der Waals surface area contributed by atoms with Gasteiger partial charge in [-0.15, -0.1) is 0 Å². The molecule has 1 heterocycles. The molecule has 130 valence electrons. The molecule has 24 heavy (non-hydrogen) atoms. The molecule has 0 atom stereocenters. The van der Waals surface area contributed by atoms with Crippen molar-refractivity contribution in [3.8, 4) is 0 Å². The number of hydrogen-bond acceptors (Lipinski definition) is 5. The van der Waals surface area contributed by atoms with Gasteiger partial charge in [0.1, 0.15) is 0 Å². The summed E-state index contributed by atoms with van der Waals surface area (Å²) in [6, 6.07) is 4.05. The first-order chi connectivity index (χ1) is 11.3. The number of nitrogens with zero attached hydrogens (tertiary/aromatic N) is 3. The minimum absolute atomic E-state index is 0.0280. The minimum atomic E-state index is -0.575. The number of benzene rings is 1. The number of aromatic nitrogens is 1. The smallest absolute Gasteiger partial charge is 0.407 e. The predicted octanol–water partition coefficient (Wildman–Crippen LogP) is 2.40. The number of carbonyl (C=O) groups excluding carboxylic acids is 1. The van der Waals surface area contributed by atoms with Crippen LogP contribution in [0.25, 0.3) is 11.1 Å². The van der Waals surface area contributed by atoms with Gasteiger partial charge in [-0.05, 0) is 18.4 Å². The third kappa shape index (κ3) is 4.01. The van der Waals surface area contributed by atoms with Crippen LogP contribution in [0.3, 0.4) is 0 Å². The number of oxazole rings is 1. The Morgan fingerprint density at radius 3 is 2.75 bits per heavy atom. The van der Waals surface area contributed by atoms with E-state index < -0.39 is 10.7 Å². The van der Waals surface area contributed by atoms with Gasteiger partial charge >= 0.3 is 5.76 Å². The first kappa shape index (κ1) is 17.7. The standard InChI is InChI=1S/C16H21N3O5/c1-11(2)10-17(3)15(20)5-4-8-18-13-7-6-12(19(22)23)9-14(13)24-16(18)21/h6-7,9,11H,4-5,8,10H2,1-3H3. The van der Waals surface area contributed by atoms with Crippen LogP contribution in [0, 0.1) is 16.0 Å². The zero-order valence-corrected chi connectivity index (χ0v) is 14.0. The molecule has 8 heteroatoms. The van der Waals surface area contributed by atoms with Crippen molar-refractivity contribution in [1.29, 1.82) is 0 Å². The molecule has 2 aromatic rings. The van der Waals surface area contributed by atoms with Crippen molar-refractivity contribution in [2.75, 3.05) is 13.6 Å². The van der Waals surface area contributed by atoms with E-state index in [2.05, 4.69) is 0 Å². The number of nitro benzene ring substituents is 1. The number of non-ortho nitro benzene ring substituents is 1. The largest absolute Gasteiger partial charge is 0.419 e. The maximum atomic E-state index is 12.0. The Labute approximate surface area is 138 Å².